The van der Waals surface area contributed by atoms with Crippen LogP contribution in [0.2, 0.25) is 0 Å². The monoisotopic (exact) mass is 298 g/mol. The second-order valence-electron chi connectivity index (χ2n) is 3.70. The zero-order valence-corrected chi connectivity index (χ0v) is 9.49. The molecule has 1 nitrogen and oxygen atoms in total. The SMILES string of the molecule is OC1CCC(F)(F)c2c(F)c(F)cc(Br)c21. The van der Waals surface area contributed by atoms with Gasteiger partial charge in [-0.3, -0.25) is 0 Å². The number of halogens is 5. The summed E-state index contributed by atoms with van der Waals surface area (Å²) in [6, 6.07) is 0.749. The maximum atomic E-state index is 13.5. The summed E-state index contributed by atoms with van der Waals surface area (Å²) in [5.41, 5.74) is -1.28. The molecule has 0 saturated heterocycles. The lowest BCUT2D eigenvalue weighted by molar-refractivity contribution is -0.0459. The maximum absolute atomic E-state index is 13.5. The first-order chi connectivity index (χ1) is 7.34. The molecule has 1 atom stereocenters. The highest BCUT2D eigenvalue weighted by Crippen LogP contribution is 2.48. The van der Waals surface area contributed by atoms with Gasteiger partial charge in [-0.15, -0.1) is 0 Å². The van der Waals surface area contributed by atoms with Gasteiger partial charge < -0.3 is 5.11 Å². The van der Waals surface area contributed by atoms with Crippen LogP contribution in [0.5, 0.6) is 0 Å². The molecule has 0 heterocycles. The molecule has 1 aromatic rings. The van der Waals surface area contributed by atoms with Crippen molar-refractivity contribution in [1.82, 2.24) is 0 Å². The molecule has 0 aliphatic heterocycles. The molecule has 1 aliphatic carbocycles. The highest BCUT2D eigenvalue weighted by molar-refractivity contribution is 9.10. The van der Waals surface area contributed by atoms with Crippen molar-refractivity contribution in [2.45, 2.75) is 24.9 Å². The first-order valence-corrected chi connectivity index (χ1v) is 5.37. The molecule has 0 radical (unpaired) electrons. The van der Waals surface area contributed by atoms with E-state index < -0.39 is 35.6 Å². The summed E-state index contributed by atoms with van der Waals surface area (Å²) in [5, 5.41) is 9.54. The van der Waals surface area contributed by atoms with Gasteiger partial charge in [0.1, 0.15) is 0 Å². The van der Waals surface area contributed by atoms with Crippen molar-refractivity contribution in [1.29, 1.82) is 0 Å². The Morgan fingerprint density at radius 2 is 2.00 bits per heavy atom. The van der Waals surface area contributed by atoms with Crippen LogP contribution in [-0.2, 0) is 5.92 Å². The van der Waals surface area contributed by atoms with Gasteiger partial charge in [-0.25, -0.2) is 17.6 Å². The molecule has 0 amide bonds. The van der Waals surface area contributed by atoms with E-state index in [1.54, 1.807) is 0 Å². The minimum Gasteiger partial charge on any atom is -0.388 e. The number of hydrogen-bond acceptors (Lipinski definition) is 1. The summed E-state index contributed by atoms with van der Waals surface area (Å²) in [6.45, 7) is 0. The molecule has 88 valence electrons. The largest absolute Gasteiger partial charge is 0.388 e. The molecule has 0 spiro atoms. The van der Waals surface area contributed by atoms with Gasteiger partial charge in [-0.05, 0) is 12.5 Å². The molecule has 1 aliphatic rings. The van der Waals surface area contributed by atoms with E-state index in [2.05, 4.69) is 15.9 Å². The molecule has 0 aromatic heterocycles. The molecule has 0 fully saturated rings. The smallest absolute Gasteiger partial charge is 0.276 e. The predicted octanol–water partition coefficient (Wildman–Crippen LogP) is 3.65. The predicted molar refractivity (Wildman–Crippen MR) is 52.1 cm³/mol. The number of alkyl halides is 2. The number of aliphatic hydroxyl groups excluding tert-OH is 1. The second kappa shape index (κ2) is 3.70. The van der Waals surface area contributed by atoms with Crippen LogP contribution in [0.25, 0.3) is 0 Å². The average molecular weight is 299 g/mol. The lowest BCUT2D eigenvalue weighted by Gasteiger charge is -2.29. The van der Waals surface area contributed by atoms with E-state index in [0.29, 0.717) is 0 Å². The molecule has 6 heteroatoms. The molecule has 2 rings (SSSR count). The fourth-order valence-corrected chi connectivity index (χ4v) is 2.54. The van der Waals surface area contributed by atoms with E-state index in [0.717, 1.165) is 6.07 Å². The summed E-state index contributed by atoms with van der Waals surface area (Å²) < 4.78 is 53.2. The molecule has 1 N–H and O–H groups in total. The van der Waals surface area contributed by atoms with Crippen LogP contribution in [0.4, 0.5) is 17.6 Å². The van der Waals surface area contributed by atoms with Gasteiger partial charge >= 0.3 is 0 Å². The number of hydrogen-bond donors (Lipinski definition) is 1. The van der Waals surface area contributed by atoms with Crippen molar-refractivity contribution in [2.75, 3.05) is 0 Å². The fourth-order valence-electron chi connectivity index (χ4n) is 1.88. The van der Waals surface area contributed by atoms with E-state index in [1.165, 1.54) is 0 Å². The molecule has 0 saturated carbocycles. The quantitative estimate of drug-likeness (QED) is 0.573. The van der Waals surface area contributed by atoms with Crippen molar-refractivity contribution < 1.29 is 22.7 Å². The number of rotatable bonds is 0. The average Bonchev–Trinajstić information content (AvgIpc) is 2.18. The third kappa shape index (κ3) is 1.64. The lowest BCUT2D eigenvalue weighted by atomic mass is 9.86. The molecule has 1 unspecified atom stereocenters. The van der Waals surface area contributed by atoms with Crippen molar-refractivity contribution in [2.24, 2.45) is 0 Å². The Balaban J connectivity index is 2.78. The van der Waals surface area contributed by atoms with Crippen molar-refractivity contribution in [3.8, 4) is 0 Å². The van der Waals surface area contributed by atoms with E-state index in [1.807, 2.05) is 0 Å². The molecule has 1 aromatic carbocycles. The lowest BCUT2D eigenvalue weighted by Crippen LogP contribution is -2.26. The Kier molecular flexibility index (Phi) is 2.74. The summed E-state index contributed by atoms with van der Waals surface area (Å²) in [7, 11) is 0. The van der Waals surface area contributed by atoms with E-state index >= 15 is 0 Å². The van der Waals surface area contributed by atoms with Crippen LogP contribution < -0.4 is 0 Å². The van der Waals surface area contributed by atoms with Gasteiger partial charge in [0.05, 0.1) is 11.7 Å². The Morgan fingerprint density at radius 1 is 1.38 bits per heavy atom. The van der Waals surface area contributed by atoms with Crippen molar-refractivity contribution in [3.05, 3.63) is 33.3 Å². The molecular weight excluding hydrogens is 292 g/mol. The summed E-state index contributed by atoms with van der Waals surface area (Å²) in [6.07, 6.45) is -2.06. The van der Waals surface area contributed by atoms with Crippen molar-refractivity contribution in [3.63, 3.8) is 0 Å². The third-order valence-electron chi connectivity index (χ3n) is 2.64. The van der Waals surface area contributed by atoms with Crippen LogP contribution >= 0.6 is 15.9 Å². The molecular formula is C10H7BrF4O. The molecule has 16 heavy (non-hydrogen) atoms. The van der Waals surface area contributed by atoms with Gasteiger partial charge in [0.15, 0.2) is 11.6 Å². The van der Waals surface area contributed by atoms with Gasteiger partial charge in [0, 0.05) is 16.5 Å². The Morgan fingerprint density at radius 3 is 2.62 bits per heavy atom. The second-order valence-corrected chi connectivity index (χ2v) is 4.56. The zero-order chi connectivity index (χ0) is 12.1. The van der Waals surface area contributed by atoms with E-state index in [9.17, 15) is 22.7 Å². The highest BCUT2D eigenvalue weighted by Gasteiger charge is 2.44. The van der Waals surface area contributed by atoms with Gasteiger partial charge in [-0.1, -0.05) is 15.9 Å². The maximum Gasteiger partial charge on any atom is 0.276 e. The third-order valence-corrected chi connectivity index (χ3v) is 3.30. The number of fused-ring (bicyclic) bond motifs is 1. The Labute approximate surface area is 97.2 Å². The topological polar surface area (TPSA) is 20.2 Å². The highest BCUT2D eigenvalue weighted by atomic mass is 79.9. The molecule has 0 bridgehead atoms. The minimum absolute atomic E-state index is 0.0340. The Hall–Kier alpha value is -0.620. The summed E-state index contributed by atoms with van der Waals surface area (Å²) in [5.74, 6) is -6.37. The Bertz CT molecular complexity index is 447. The van der Waals surface area contributed by atoms with Crippen LogP contribution in [0, 0.1) is 11.6 Å². The normalized spacial score (nSPS) is 23.0. The number of benzene rings is 1. The number of aliphatic hydroxyl groups is 1. The van der Waals surface area contributed by atoms with Crippen LogP contribution in [0.1, 0.15) is 30.1 Å². The standard InChI is InChI=1S/C10H7BrF4O/c11-4-3-5(12)9(13)8-7(4)6(16)1-2-10(8,14)15/h3,6,16H,1-2H2. The van der Waals surface area contributed by atoms with Gasteiger partial charge in [0.2, 0.25) is 0 Å². The van der Waals surface area contributed by atoms with E-state index in [4.69, 9.17) is 0 Å². The van der Waals surface area contributed by atoms with E-state index in [-0.39, 0.29) is 16.5 Å². The zero-order valence-electron chi connectivity index (χ0n) is 7.91. The first kappa shape index (κ1) is 11.9. The van der Waals surface area contributed by atoms with Gasteiger partial charge in [0.25, 0.3) is 5.92 Å². The van der Waals surface area contributed by atoms with Crippen LogP contribution in [-0.4, -0.2) is 5.11 Å². The van der Waals surface area contributed by atoms with Gasteiger partial charge in [-0.2, -0.15) is 0 Å². The summed E-state index contributed by atoms with van der Waals surface area (Å²) >= 11 is 2.86. The van der Waals surface area contributed by atoms with Crippen LogP contribution in [0.3, 0.4) is 0 Å². The first-order valence-electron chi connectivity index (χ1n) is 4.58. The van der Waals surface area contributed by atoms with Crippen molar-refractivity contribution >= 4 is 15.9 Å². The fraction of sp³-hybridized carbons (Fsp3) is 0.400. The van der Waals surface area contributed by atoms with Crippen LogP contribution in [0.15, 0.2) is 10.5 Å². The minimum atomic E-state index is -3.44. The summed E-state index contributed by atoms with van der Waals surface area (Å²) in [4.78, 5) is 0.